The Balaban J connectivity index is 3.87. The van der Waals surface area contributed by atoms with E-state index in [-0.39, 0.29) is 18.8 Å². The van der Waals surface area contributed by atoms with Crippen molar-refractivity contribution < 1.29 is 24.2 Å². The van der Waals surface area contributed by atoms with E-state index in [9.17, 15) is 14.7 Å². The van der Waals surface area contributed by atoms with E-state index >= 15 is 0 Å². The van der Waals surface area contributed by atoms with Gasteiger partial charge in [0, 0.05) is 24.2 Å². The first-order chi connectivity index (χ1) is 8.74. The Bertz CT molecular complexity index is 319. The number of aliphatic hydroxyl groups is 1. The van der Waals surface area contributed by atoms with Gasteiger partial charge in [-0.05, 0) is 27.7 Å². The molecule has 19 heavy (non-hydrogen) atoms. The molecular formula is C13H23NO5. The second-order valence-electron chi connectivity index (χ2n) is 5.00. The summed E-state index contributed by atoms with van der Waals surface area (Å²) < 4.78 is 9.38. The summed E-state index contributed by atoms with van der Waals surface area (Å²) in [7, 11) is 0. The lowest BCUT2D eigenvalue weighted by molar-refractivity contribution is -0.142. The van der Waals surface area contributed by atoms with Crippen LogP contribution in [0, 0.1) is 0 Å². The van der Waals surface area contributed by atoms with E-state index in [0.717, 1.165) is 12.2 Å². The van der Waals surface area contributed by atoms with Crippen LogP contribution < -0.4 is 5.32 Å². The highest BCUT2D eigenvalue weighted by atomic mass is 16.5. The highest BCUT2D eigenvalue weighted by molar-refractivity contribution is 5.91. The summed E-state index contributed by atoms with van der Waals surface area (Å²) in [6.45, 7) is 8.00. The Kier molecular flexibility index (Phi) is 8.02. The van der Waals surface area contributed by atoms with Crippen LogP contribution in [0.2, 0.25) is 0 Å². The molecule has 0 amide bonds. The lowest BCUT2D eigenvalue weighted by Crippen LogP contribution is -2.42. The molecule has 1 atom stereocenters. The van der Waals surface area contributed by atoms with E-state index in [1.165, 1.54) is 0 Å². The average Bonchev–Trinajstić information content (AvgIpc) is 2.30. The second-order valence-corrected chi connectivity index (χ2v) is 5.00. The summed E-state index contributed by atoms with van der Waals surface area (Å²) >= 11 is 0. The topological polar surface area (TPSA) is 84.9 Å². The van der Waals surface area contributed by atoms with Crippen LogP contribution in [0.3, 0.4) is 0 Å². The van der Waals surface area contributed by atoms with Gasteiger partial charge in [-0.3, -0.25) is 0 Å². The molecule has 0 saturated carbocycles. The fourth-order valence-electron chi connectivity index (χ4n) is 1.04. The molecule has 6 heteroatoms. The third-order valence-corrected chi connectivity index (χ3v) is 1.93. The van der Waals surface area contributed by atoms with Crippen LogP contribution >= 0.6 is 0 Å². The van der Waals surface area contributed by atoms with Gasteiger partial charge in [-0.1, -0.05) is 0 Å². The molecule has 0 aromatic carbocycles. The first-order valence-electron chi connectivity index (χ1n) is 6.19. The van der Waals surface area contributed by atoms with Crippen LogP contribution in [-0.4, -0.2) is 48.4 Å². The maximum absolute atomic E-state index is 11.2. The number of ether oxygens (including phenoxy) is 2. The molecule has 0 spiro atoms. The van der Waals surface area contributed by atoms with Crippen LogP contribution in [0.25, 0.3) is 0 Å². The minimum atomic E-state index is -0.792. The van der Waals surface area contributed by atoms with Crippen LogP contribution in [0.5, 0.6) is 0 Å². The molecule has 0 heterocycles. The molecule has 0 aliphatic carbocycles. The van der Waals surface area contributed by atoms with E-state index in [1.54, 1.807) is 6.92 Å². The number of nitrogens with one attached hydrogen (secondary N) is 1. The van der Waals surface area contributed by atoms with Crippen molar-refractivity contribution in [2.24, 2.45) is 0 Å². The first-order valence-corrected chi connectivity index (χ1v) is 6.19. The van der Waals surface area contributed by atoms with Crippen molar-refractivity contribution >= 4 is 11.9 Å². The van der Waals surface area contributed by atoms with Gasteiger partial charge >= 0.3 is 11.9 Å². The van der Waals surface area contributed by atoms with Crippen molar-refractivity contribution in [3.8, 4) is 0 Å². The van der Waals surface area contributed by atoms with Crippen molar-refractivity contribution in [3.63, 3.8) is 0 Å². The zero-order chi connectivity index (χ0) is 14.9. The Labute approximate surface area is 113 Å². The van der Waals surface area contributed by atoms with E-state index < -0.39 is 18.0 Å². The predicted molar refractivity (Wildman–Crippen MR) is 70.5 cm³/mol. The SMILES string of the molecule is CCOC(=O)/C=C/C(=O)OCC(O)CNC(C)(C)C. The monoisotopic (exact) mass is 273 g/mol. The van der Waals surface area contributed by atoms with Crippen LogP contribution in [0.15, 0.2) is 12.2 Å². The maximum Gasteiger partial charge on any atom is 0.331 e. The Morgan fingerprint density at radius 2 is 1.74 bits per heavy atom. The summed E-state index contributed by atoms with van der Waals surface area (Å²) in [5, 5.41) is 12.6. The molecule has 110 valence electrons. The van der Waals surface area contributed by atoms with E-state index in [4.69, 9.17) is 4.74 Å². The van der Waals surface area contributed by atoms with Crippen molar-refractivity contribution in [1.29, 1.82) is 0 Å². The third-order valence-electron chi connectivity index (χ3n) is 1.93. The van der Waals surface area contributed by atoms with Gasteiger partial charge in [0.15, 0.2) is 0 Å². The van der Waals surface area contributed by atoms with E-state index in [1.807, 2.05) is 20.8 Å². The van der Waals surface area contributed by atoms with Crippen LogP contribution in [-0.2, 0) is 19.1 Å². The number of β-amino-alcohol motifs (C(OH)–C–C–N with tert-alkyl or cyclic N) is 1. The number of carbonyl (C=O) groups excluding carboxylic acids is 2. The summed E-state index contributed by atoms with van der Waals surface area (Å²) in [5.74, 6) is -1.29. The number of carbonyl (C=O) groups is 2. The van der Waals surface area contributed by atoms with E-state index in [0.29, 0.717) is 6.54 Å². The Morgan fingerprint density at radius 3 is 2.21 bits per heavy atom. The summed E-state index contributed by atoms with van der Waals surface area (Å²) in [6.07, 6.45) is 1.17. The van der Waals surface area contributed by atoms with Crippen molar-refractivity contribution in [2.45, 2.75) is 39.3 Å². The Hall–Kier alpha value is -1.40. The molecule has 0 radical (unpaired) electrons. The average molecular weight is 273 g/mol. The number of aliphatic hydroxyl groups excluding tert-OH is 1. The third kappa shape index (κ3) is 11.4. The molecule has 0 aromatic heterocycles. The van der Waals surface area contributed by atoms with Gasteiger partial charge in [-0.25, -0.2) is 9.59 Å². The molecule has 0 fully saturated rings. The number of hydrogen-bond acceptors (Lipinski definition) is 6. The standard InChI is InChI=1S/C13H23NO5/c1-5-18-11(16)6-7-12(17)19-9-10(15)8-14-13(2,3)4/h6-7,10,14-15H,5,8-9H2,1-4H3/b7-6+. The molecule has 2 N–H and O–H groups in total. The zero-order valence-corrected chi connectivity index (χ0v) is 11.9. The minimum absolute atomic E-state index is 0.116. The molecule has 0 saturated heterocycles. The van der Waals surface area contributed by atoms with Crippen molar-refractivity contribution in [1.82, 2.24) is 5.32 Å². The minimum Gasteiger partial charge on any atom is -0.463 e. The van der Waals surface area contributed by atoms with Crippen molar-refractivity contribution in [2.75, 3.05) is 19.8 Å². The predicted octanol–water partition coefficient (Wildman–Crippen LogP) is 0.398. The largest absolute Gasteiger partial charge is 0.463 e. The summed E-state index contributed by atoms with van der Waals surface area (Å²) in [6, 6.07) is 0. The molecular weight excluding hydrogens is 250 g/mol. The highest BCUT2D eigenvalue weighted by Crippen LogP contribution is 1.98. The van der Waals surface area contributed by atoms with Crippen LogP contribution in [0.1, 0.15) is 27.7 Å². The molecule has 0 rings (SSSR count). The van der Waals surface area contributed by atoms with E-state index in [2.05, 4.69) is 10.1 Å². The lowest BCUT2D eigenvalue weighted by Gasteiger charge is -2.22. The fraction of sp³-hybridized carbons (Fsp3) is 0.692. The number of esters is 2. The van der Waals surface area contributed by atoms with Gasteiger partial charge in [0.25, 0.3) is 0 Å². The molecule has 0 aliphatic heterocycles. The van der Waals surface area contributed by atoms with Crippen molar-refractivity contribution in [3.05, 3.63) is 12.2 Å². The smallest absolute Gasteiger partial charge is 0.331 e. The molecule has 1 unspecified atom stereocenters. The Morgan fingerprint density at radius 1 is 1.21 bits per heavy atom. The fourth-order valence-corrected chi connectivity index (χ4v) is 1.04. The normalized spacial score (nSPS) is 13.3. The van der Waals surface area contributed by atoms with Gasteiger partial charge in [0.1, 0.15) is 12.7 Å². The van der Waals surface area contributed by atoms with Gasteiger partial charge in [-0.2, -0.15) is 0 Å². The summed E-state index contributed by atoms with van der Waals surface area (Å²) in [5.41, 5.74) is -0.116. The molecule has 0 bridgehead atoms. The maximum atomic E-state index is 11.2. The molecule has 0 aliphatic rings. The second kappa shape index (κ2) is 8.66. The zero-order valence-electron chi connectivity index (χ0n) is 11.9. The van der Waals surface area contributed by atoms with Gasteiger partial charge < -0.3 is 19.9 Å². The molecule has 0 aromatic rings. The van der Waals surface area contributed by atoms with Gasteiger partial charge in [-0.15, -0.1) is 0 Å². The quantitative estimate of drug-likeness (QED) is 0.516. The van der Waals surface area contributed by atoms with Gasteiger partial charge in [0.2, 0.25) is 0 Å². The van der Waals surface area contributed by atoms with Gasteiger partial charge in [0.05, 0.1) is 6.61 Å². The highest BCUT2D eigenvalue weighted by Gasteiger charge is 2.13. The number of hydrogen-bond donors (Lipinski definition) is 2. The lowest BCUT2D eigenvalue weighted by atomic mass is 10.1. The first kappa shape index (κ1) is 17.6. The number of rotatable bonds is 7. The van der Waals surface area contributed by atoms with Crippen LogP contribution in [0.4, 0.5) is 0 Å². The summed E-state index contributed by atoms with van der Waals surface area (Å²) in [4.78, 5) is 22.1. The molecule has 6 nitrogen and oxygen atoms in total.